The Kier molecular flexibility index (Phi) is 5.43. The van der Waals surface area contributed by atoms with Crippen molar-refractivity contribution in [1.29, 1.82) is 0 Å². The van der Waals surface area contributed by atoms with Crippen LogP contribution in [0.3, 0.4) is 0 Å². The van der Waals surface area contributed by atoms with Gasteiger partial charge in [-0.3, -0.25) is 4.98 Å². The van der Waals surface area contributed by atoms with E-state index in [0.29, 0.717) is 25.0 Å². The SMILES string of the molecule is Cc1cccc([C@@H]2CNC[C@@H]2CNC(=O)OCc2ccccc2)n1. The summed E-state index contributed by atoms with van der Waals surface area (Å²) in [5.41, 5.74) is 3.09. The van der Waals surface area contributed by atoms with Crippen LogP contribution in [-0.4, -0.2) is 30.7 Å². The summed E-state index contributed by atoms with van der Waals surface area (Å²) in [7, 11) is 0. The van der Waals surface area contributed by atoms with E-state index in [-0.39, 0.29) is 6.09 Å². The maximum Gasteiger partial charge on any atom is 0.407 e. The number of benzene rings is 1. The first-order valence-corrected chi connectivity index (χ1v) is 8.31. The van der Waals surface area contributed by atoms with Crippen LogP contribution in [0.15, 0.2) is 48.5 Å². The smallest absolute Gasteiger partial charge is 0.407 e. The predicted molar refractivity (Wildman–Crippen MR) is 92.7 cm³/mol. The lowest BCUT2D eigenvalue weighted by atomic mass is 9.92. The fraction of sp³-hybridized carbons (Fsp3) is 0.368. The number of carbonyl (C=O) groups excluding carboxylic acids is 1. The highest BCUT2D eigenvalue weighted by molar-refractivity contribution is 5.67. The Morgan fingerprint density at radius 1 is 1.21 bits per heavy atom. The summed E-state index contributed by atoms with van der Waals surface area (Å²) in [6.07, 6.45) is -0.373. The number of aromatic nitrogens is 1. The summed E-state index contributed by atoms with van der Waals surface area (Å²) in [5.74, 6) is 0.642. The van der Waals surface area contributed by atoms with E-state index in [1.165, 1.54) is 0 Å². The van der Waals surface area contributed by atoms with Crippen LogP contribution < -0.4 is 10.6 Å². The number of ether oxygens (including phenoxy) is 1. The maximum atomic E-state index is 11.9. The largest absolute Gasteiger partial charge is 0.445 e. The number of carbonyl (C=O) groups is 1. The number of hydrogen-bond acceptors (Lipinski definition) is 4. The lowest BCUT2D eigenvalue weighted by Crippen LogP contribution is -2.32. The van der Waals surface area contributed by atoms with Crippen LogP contribution in [0, 0.1) is 12.8 Å². The topological polar surface area (TPSA) is 63.2 Å². The van der Waals surface area contributed by atoms with Gasteiger partial charge in [-0.05, 0) is 30.5 Å². The minimum atomic E-state index is -0.373. The molecule has 2 N–H and O–H groups in total. The normalized spacial score (nSPS) is 19.9. The second-order valence-electron chi connectivity index (χ2n) is 6.17. The Hall–Kier alpha value is -2.40. The number of alkyl carbamates (subject to hydrolysis) is 1. The summed E-state index contributed by atoms with van der Waals surface area (Å²) in [5, 5.41) is 6.27. The summed E-state index contributed by atoms with van der Waals surface area (Å²) in [4.78, 5) is 16.5. The van der Waals surface area contributed by atoms with Crippen LogP contribution >= 0.6 is 0 Å². The number of nitrogens with one attached hydrogen (secondary N) is 2. The van der Waals surface area contributed by atoms with E-state index in [9.17, 15) is 4.79 Å². The molecule has 1 aliphatic rings. The molecule has 0 spiro atoms. The number of rotatable bonds is 5. The molecule has 2 aromatic rings. The third-order valence-corrected chi connectivity index (χ3v) is 4.35. The molecule has 1 saturated heterocycles. The average molecular weight is 325 g/mol. The van der Waals surface area contributed by atoms with E-state index in [0.717, 1.165) is 30.0 Å². The van der Waals surface area contributed by atoms with Crippen LogP contribution in [0.2, 0.25) is 0 Å². The summed E-state index contributed by atoms with van der Waals surface area (Å²) in [6, 6.07) is 15.8. The first kappa shape index (κ1) is 16.5. The number of nitrogens with zero attached hydrogens (tertiary/aromatic N) is 1. The van der Waals surface area contributed by atoms with Gasteiger partial charge in [0.25, 0.3) is 0 Å². The van der Waals surface area contributed by atoms with Crippen LogP contribution in [0.1, 0.15) is 22.9 Å². The molecule has 1 aromatic heterocycles. The fourth-order valence-corrected chi connectivity index (χ4v) is 3.05. The van der Waals surface area contributed by atoms with E-state index in [1.54, 1.807) is 0 Å². The molecule has 0 saturated carbocycles. The monoisotopic (exact) mass is 325 g/mol. The van der Waals surface area contributed by atoms with E-state index in [2.05, 4.69) is 21.7 Å². The van der Waals surface area contributed by atoms with Crippen LogP contribution in [0.25, 0.3) is 0 Å². The Bertz CT molecular complexity index is 675. The molecule has 0 unspecified atom stereocenters. The van der Waals surface area contributed by atoms with E-state index < -0.39 is 0 Å². The predicted octanol–water partition coefficient (Wildman–Crippen LogP) is 2.62. The number of amides is 1. The van der Waals surface area contributed by atoms with Crippen molar-refractivity contribution in [2.75, 3.05) is 19.6 Å². The highest BCUT2D eigenvalue weighted by Crippen LogP contribution is 2.26. The molecule has 0 radical (unpaired) electrons. The molecule has 1 aliphatic heterocycles. The van der Waals surface area contributed by atoms with Gasteiger partial charge in [0.2, 0.25) is 0 Å². The molecule has 126 valence electrons. The maximum absolute atomic E-state index is 11.9. The fourth-order valence-electron chi connectivity index (χ4n) is 3.05. The zero-order chi connectivity index (χ0) is 16.8. The minimum absolute atomic E-state index is 0.290. The Balaban J connectivity index is 1.49. The van der Waals surface area contributed by atoms with Crippen LogP contribution in [0.4, 0.5) is 4.79 Å². The van der Waals surface area contributed by atoms with Gasteiger partial charge in [-0.1, -0.05) is 36.4 Å². The minimum Gasteiger partial charge on any atom is -0.445 e. The third kappa shape index (κ3) is 4.32. The number of aryl methyl sites for hydroxylation is 1. The van der Waals surface area contributed by atoms with Crippen molar-refractivity contribution in [3.05, 3.63) is 65.5 Å². The molecule has 3 rings (SSSR count). The van der Waals surface area contributed by atoms with Gasteiger partial charge in [0.05, 0.1) is 0 Å². The Labute approximate surface area is 142 Å². The zero-order valence-corrected chi connectivity index (χ0v) is 13.9. The van der Waals surface area contributed by atoms with E-state index >= 15 is 0 Å². The summed E-state index contributed by atoms with van der Waals surface area (Å²) >= 11 is 0. The van der Waals surface area contributed by atoms with Gasteiger partial charge in [-0.25, -0.2) is 4.79 Å². The first-order valence-electron chi connectivity index (χ1n) is 8.31. The van der Waals surface area contributed by atoms with E-state index in [4.69, 9.17) is 4.74 Å². The standard InChI is InChI=1S/C19H23N3O2/c1-14-6-5-9-18(22-14)17-12-20-10-16(17)11-21-19(23)24-13-15-7-3-2-4-8-15/h2-9,16-17,20H,10-13H2,1H3,(H,21,23)/t16-,17-/m1/s1. The van der Waals surface area contributed by atoms with Gasteiger partial charge in [0.15, 0.2) is 0 Å². The lowest BCUT2D eigenvalue weighted by molar-refractivity contribution is 0.138. The third-order valence-electron chi connectivity index (χ3n) is 4.35. The van der Waals surface area contributed by atoms with Crippen molar-refractivity contribution in [2.24, 2.45) is 5.92 Å². The molecule has 2 heterocycles. The molecule has 5 heteroatoms. The first-order chi connectivity index (χ1) is 11.7. The van der Waals surface area contributed by atoms with Crippen molar-refractivity contribution in [1.82, 2.24) is 15.6 Å². The molecule has 24 heavy (non-hydrogen) atoms. The Morgan fingerprint density at radius 2 is 2.04 bits per heavy atom. The average Bonchev–Trinajstić information content (AvgIpc) is 3.08. The molecule has 1 amide bonds. The van der Waals surface area contributed by atoms with Crippen LogP contribution in [0.5, 0.6) is 0 Å². The van der Waals surface area contributed by atoms with Crippen molar-refractivity contribution in [3.8, 4) is 0 Å². The Morgan fingerprint density at radius 3 is 2.83 bits per heavy atom. The lowest BCUT2D eigenvalue weighted by Gasteiger charge is -2.19. The quantitative estimate of drug-likeness (QED) is 0.887. The number of pyridine rings is 1. The molecule has 1 aromatic carbocycles. The zero-order valence-electron chi connectivity index (χ0n) is 13.9. The second-order valence-corrected chi connectivity index (χ2v) is 6.17. The molecule has 2 atom stereocenters. The molecule has 0 bridgehead atoms. The van der Waals surface area contributed by atoms with Gasteiger partial charge < -0.3 is 15.4 Å². The number of hydrogen-bond donors (Lipinski definition) is 2. The molecular weight excluding hydrogens is 302 g/mol. The highest BCUT2D eigenvalue weighted by Gasteiger charge is 2.29. The van der Waals surface area contributed by atoms with Gasteiger partial charge in [0, 0.05) is 36.9 Å². The van der Waals surface area contributed by atoms with Crippen molar-refractivity contribution < 1.29 is 9.53 Å². The van der Waals surface area contributed by atoms with Gasteiger partial charge in [0.1, 0.15) is 6.61 Å². The summed E-state index contributed by atoms with van der Waals surface area (Å²) in [6.45, 7) is 4.64. The summed E-state index contributed by atoms with van der Waals surface area (Å²) < 4.78 is 5.26. The van der Waals surface area contributed by atoms with Gasteiger partial charge >= 0.3 is 6.09 Å². The second kappa shape index (κ2) is 7.93. The molecule has 5 nitrogen and oxygen atoms in total. The van der Waals surface area contributed by atoms with Crippen molar-refractivity contribution >= 4 is 6.09 Å². The molecule has 0 aliphatic carbocycles. The van der Waals surface area contributed by atoms with Crippen molar-refractivity contribution in [3.63, 3.8) is 0 Å². The van der Waals surface area contributed by atoms with Gasteiger partial charge in [-0.15, -0.1) is 0 Å². The van der Waals surface area contributed by atoms with Crippen molar-refractivity contribution in [2.45, 2.75) is 19.4 Å². The van der Waals surface area contributed by atoms with Gasteiger partial charge in [-0.2, -0.15) is 0 Å². The van der Waals surface area contributed by atoms with Crippen LogP contribution in [-0.2, 0) is 11.3 Å². The van der Waals surface area contributed by atoms with E-state index in [1.807, 2.05) is 49.4 Å². The molecule has 1 fully saturated rings. The molecular formula is C19H23N3O2. The highest BCUT2D eigenvalue weighted by atomic mass is 16.5.